The van der Waals surface area contributed by atoms with Crippen LogP contribution in [-0.4, -0.2) is 19.5 Å². The zero-order valence-electron chi connectivity index (χ0n) is 30.0. The molecule has 1 aliphatic rings. The van der Waals surface area contributed by atoms with Crippen molar-refractivity contribution in [1.82, 2.24) is 19.5 Å². The molecule has 0 aliphatic heterocycles. The predicted molar refractivity (Wildman–Crippen MR) is 223 cm³/mol. The minimum absolute atomic E-state index is 0.0764. The van der Waals surface area contributed by atoms with Gasteiger partial charge in [-0.25, -0.2) is 15.0 Å². The largest absolute Gasteiger partial charge is 0.309 e. The lowest BCUT2D eigenvalue weighted by Crippen LogP contribution is -2.14. The summed E-state index contributed by atoms with van der Waals surface area (Å²) in [6.45, 7) is 4.70. The Bertz CT molecular complexity index is 3060. The van der Waals surface area contributed by atoms with Crippen LogP contribution in [0.4, 0.5) is 0 Å². The van der Waals surface area contributed by atoms with Gasteiger partial charge < -0.3 is 4.57 Å². The van der Waals surface area contributed by atoms with E-state index < -0.39 is 0 Å². The van der Waals surface area contributed by atoms with Gasteiger partial charge in [-0.2, -0.15) is 0 Å². The van der Waals surface area contributed by atoms with E-state index in [1.807, 2.05) is 36.4 Å². The molecular formula is C50H34N4. The first-order valence-corrected chi connectivity index (χ1v) is 18.5. The van der Waals surface area contributed by atoms with Gasteiger partial charge in [-0.15, -0.1) is 0 Å². The summed E-state index contributed by atoms with van der Waals surface area (Å²) in [6, 6.07) is 60.8. The average Bonchev–Trinajstić information content (AvgIpc) is 3.66. The van der Waals surface area contributed by atoms with Gasteiger partial charge in [-0.05, 0) is 98.4 Å². The maximum Gasteiger partial charge on any atom is 0.164 e. The highest BCUT2D eigenvalue weighted by molar-refractivity contribution is 6.15. The standard InChI is InChI=1S/C50H34N4/c1-50(2)43-20-12-11-19-39(43)40-27-37-30-46-42(28-36(37)29-44(40)50)41-26-35(22-24-45(41)54(46)38-23-21-31-13-9-10-18-34(31)25-38)49-52-47(32-14-5-3-6-15-32)51-48(53-49)33-16-7-4-8-17-33/h3-30H,1-2H3. The third kappa shape index (κ3) is 4.66. The first-order chi connectivity index (χ1) is 26.5. The number of benzene rings is 8. The summed E-state index contributed by atoms with van der Waals surface area (Å²) in [6.07, 6.45) is 0. The highest BCUT2D eigenvalue weighted by atomic mass is 15.0. The number of nitrogens with zero attached hydrogens (tertiary/aromatic N) is 4. The van der Waals surface area contributed by atoms with Crippen LogP contribution in [-0.2, 0) is 5.41 Å². The van der Waals surface area contributed by atoms with E-state index in [0.29, 0.717) is 17.5 Å². The Morgan fingerprint density at radius 2 is 1.00 bits per heavy atom. The van der Waals surface area contributed by atoms with Crippen LogP contribution in [0.2, 0.25) is 0 Å². The second-order valence-corrected chi connectivity index (χ2v) is 14.9. The van der Waals surface area contributed by atoms with Crippen molar-refractivity contribution in [3.05, 3.63) is 181 Å². The van der Waals surface area contributed by atoms with Crippen molar-refractivity contribution in [3.63, 3.8) is 0 Å². The van der Waals surface area contributed by atoms with Gasteiger partial charge >= 0.3 is 0 Å². The van der Waals surface area contributed by atoms with Crippen molar-refractivity contribution in [1.29, 1.82) is 0 Å². The van der Waals surface area contributed by atoms with E-state index >= 15 is 0 Å². The molecule has 0 bridgehead atoms. The Morgan fingerprint density at radius 3 is 1.74 bits per heavy atom. The van der Waals surface area contributed by atoms with Crippen LogP contribution in [0.1, 0.15) is 25.0 Å². The van der Waals surface area contributed by atoms with E-state index in [9.17, 15) is 0 Å². The lowest BCUT2D eigenvalue weighted by atomic mass is 9.82. The first-order valence-electron chi connectivity index (χ1n) is 18.5. The zero-order valence-corrected chi connectivity index (χ0v) is 30.0. The van der Waals surface area contributed by atoms with Crippen LogP contribution in [0, 0.1) is 0 Å². The Labute approximate surface area is 313 Å². The van der Waals surface area contributed by atoms with Crippen LogP contribution in [0.25, 0.3) is 94.3 Å². The second kappa shape index (κ2) is 11.5. The molecule has 54 heavy (non-hydrogen) atoms. The summed E-state index contributed by atoms with van der Waals surface area (Å²) in [5, 5.41) is 7.26. The quantitative estimate of drug-likeness (QED) is 0.185. The molecule has 2 heterocycles. The highest BCUT2D eigenvalue weighted by Crippen LogP contribution is 2.50. The molecule has 4 nitrogen and oxygen atoms in total. The average molecular weight is 691 g/mol. The molecule has 0 spiro atoms. The Balaban J connectivity index is 1.18. The summed E-state index contributed by atoms with van der Waals surface area (Å²) in [5.41, 5.74) is 11.6. The number of hydrogen-bond acceptors (Lipinski definition) is 3. The van der Waals surface area contributed by atoms with Crippen molar-refractivity contribution < 1.29 is 0 Å². The number of aromatic nitrogens is 4. The molecule has 4 heteroatoms. The van der Waals surface area contributed by atoms with Crippen LogP contribution in [0.5, 0.6) is 0 Å². The van der Waals surface area contributed by atoms with Gasteiger partial charge in [0.2, 0.25) is 0 Å². The molecule has 0 unspecified atom stereocenters. The molecule has 0 saturated heterocycles. The van der Waals surface area contributed by atoms with E-state index in [0.717, 1.165) is 33.3 Å². The van der Waals surface area contributed by atoms with Crippen molar-refractivity contribution in [3.8, 4) is 51.0 Å². The van der Waals surface area contributed by atoms with Gasteiger partial charge in [0.15, 0.2) is 17.5 Å². The minimum atomic E-state index is -0.0764. The fourth-order valence-electron chi connectivity index (χ4n) is 8.63. The highest BCUT2D eigenvalue weighted by Gasteiger charge is 2.35. The van der Waals surface area contributed by atoms with Crippen LogP contribution < -0.4 is 0 Å². The first kappa shape index (κ1) is 30.7. The summed E-state index contributed by atoms with van der Waals surface area (Å²) in [7, 11) is 0. The molecule has 1 aliphatic carbocycles. The fraction of sp³-hybridized carbons (Fsp3) is 0.0600. The molecule has 0 N–H and O–H groups in total. The number of rotatable bonds is 4. The molecule has 254 valence electrons. The van der Waals surface area contributed by atoms with Crippen molar-refractivity contribution in [2.45, 2.75) is 19.3 Å². The molecule has 2 aromatic heterocycles. The number of hydrogen-bond donors (Lipinski definition) is 0. The van der Waals surface area contributed by atoms with Gasteiger partial charge in [-0.1, -0.05) is 129 Å². The van der Waals surface area contributed by atoms with E-state index in [-0.39, 0.29) is 5.41 Å². The smallest absolute Gasteiger partial charge is 0.164 e. The molecule has 0 radical (unpaired) electrons. The van der Waals surface area contributed by atoms with E-state index in [1.165, 1.54) is 54.7 Å². The molecule has 11 rings (SSSR count). The summed E-state index contributed by atoms with van der Waals surface area (Å²) >= 11 is 0. The van der Waals surface area contributed by atoms with E-state index in [4.69, 9.17) is 15.0 Å². The van der Waals surface area contributed by atoms with Crippen LogP contribution in [0.15, 0.2) is 170 Å². The van der Waals surface area contributed by atoms with Crippen molar-refractivity contribution in [2.24, 2.45) is 0 Å². The Hall–Kier alpha value is -6.91. The molecule has 8 aromatic carbocycles. The van der Waals surface area contributed by atoms with Crippen LogP contribution >= 0.6 is 0 Å². The molecular weight excluding hydrogens is 657 g/mol. The maximum atomic E-state index is 5.08. The van der Waals surface area contributed by atoms with Gasteiger partial charge in [0.05, 0.1) is 11.0 Å². The molecule has 0 fully saturated rings. The lowest BCUT2D eigenvalue weighted by molar-refractivity contribution is 0.661. The minimum Gasteiger partial charge on any atom is -0.309 e. The summed E-state index contributed by atoms with van der Waals surface area (Å²) in [4.78, 5) is 15.1. The van der Waals surface area contributed by atoms with Crippen molar-refractivity contribution >= 4 is 43.4 Å². The van der Waals surface area contributed by atoms with Crippen molar-refractivity contribution in [2.75, 3.05) is 0 Å². The van der Waals surface area contributed by atoms with Gasteiger partial charge in [-0.3, -0.25) is 0 Å². The predicted octanol–water partition coefficient (Wildman–Crippen LogP) is 12.6. The number of fused-ring (bicyclic) bond motifs is 8. The monoisotopic (exact) mass is 690 g/mol. The van der Waals surface area contributed by atoms with E-state index in [1.54, 1.807) is 0 Å². The topological polar surface area (TPSA) is 43.6 Å². The van der Waals surface area contributed by atoms with Crippen LogP contribution in [0.3, 0.4) is 0 Å². The Kier molecular flexibility index (Phi) is 6.56. The molecule has 0 atom stereocenters. The third-order valence-corrected chi connectivity index (χ3v) is 11.4. The molecule has 10 aromatic rings. The van der Waals surface area contributed by atoms with E-state index in [2.05, 4.69) is 152 Å². The zero-order chi connectivity index (χ0) is 36.0. The Morgan fingerprint density at radius 1 is 0.389 bits per heavy atom. The normalized spacial score (nSPS) is 13.1. The molecule has 0 amide bonds. The third-order valence-electron chi connectivity index (χ3n) is 11.4. The maximum absolute atomic E-state index is 5.08. The van der Waals surface area contributed by atoms with Gasteiger partial charge in [0.1, 0.15) is 0 Å². The SMILES string of the molecule is CC1(C)c2ccccc2-c2cc3cc4c(cc3cc21)c1cc(-c2nc(-c3ccccc3)nc(-c3ccccc3)n2)ccc1n4-c1ccc2ccccc2c1. The summed E-state index contributed by atoms with van der Waals surface area (Å²) in [5.74, 6) is 1.96. The summed E-state index contributed by atoms with van der Waals surface area (Å²) < 4.78 is 2.42. The lowest BCUT2D eigenvalue weighted by Gasteiger charge is -2.21. The fourth-order valence-corrected chi connectivity index (χ4v) is 8.63. The molecule has 0 saturated carbocycles. The second-order valence-electron chi connectivity index (χ2n) is 14.9. The van der Waals surface area contributed by atoms with Gasteiger partial charge in [0.25, 0.3) is 0 Å². The van der Waals surface area contributed by atoms with Gasteiger partial charge in [0, 0.05) is 38.6 Å².